The van der Waals surface area contributed by atoms with Crippen molar-refractivity contribution in [3.05, 3.63) is 12.4 Å². The highest BCUT2D eigenvalue weighted by molar-refractivity contribution is 5.84. The molecule has 0 heterocycles. The van der Waals surface area contributed by atoms with Crippen molar-refractivity contribution in [2.75, 3.05) is 6.54 Å². The molecule has 0 aromatic carbocycles. The highest BCUT2D eigenvalue weighted by Crippen LogP contribution is 2.65. The SMILES string of the molecule is CCCC1C(CC)CCC2C1CCC1(C)C2CC(C)C1C(=O)CN(N)/C=C\N. The Bertz CT molecular complexity index is 576. The van der Waals surface area contributed by atoms with Crippen LogP contribution in [0.5, 0.6) is 0 Å². The third-order valence-corrected chi connectivity index (χ3v) is 8.97. The molecule has 0 aromatic rings. The first-order chi connectivity index (χ1) is 13.4. The average molecular weight is 390 g/mol. The van der Waals surface area contributed by atoms with Crippen molar-refractivity contribution in [2.24, 2.45) is 58.4 Å². The summed E-state index contributed by atoms with van der Waals surface area (Å²) in [6, 6.07) is 0. The van der Waals surface area contributed by atoms with E-state index in [2.05, 4.69) is 27.7 Å². The maximum atomic E-state index is 13.2. The third-order valence-electron chi connectivity index (χ3n) is 8.97. The number of fused-ring (bicyclic) bond motifs is 3. The lowest BCUT2D eigenvalue weighted by Gasteiger charge is -2.54. The number of hydrazine groups is 1. The van der Waals surface area contributed by atoms with Crippen LogP contribution in [0.2, 0.25) is 0 Å². The van der Waals surface area contributed by atoms with Crippen LogP contribution in [0.4, 0.5) is 0 Å². The van der Waals surface area contributed by atoms with E-state index in [1.165, 1.54) is 62.6 Å². The molecular weight excluding hydrogens is 346 g/mol. The summed E-state index contributed by atoms with van der Waals surface area (Å²) in [6.45, 7) is 9.75. The molecule has 3 rings (SSSR count). The Morgan fingerprint density at radius 1 is 1.21 bits per heavy atom. The number of ketones is 1. The Labute approximate surface area is 172 Å². The van der Waals surface area contributed by atoms with Crippen LogP contribution in [-0.4, -0.2) is 17.3 Å². The van der Waals surface area contributed by atoms with Crippen molar-refractivity contribution in [1.29, 1.82) is 0 Å². The predicted molar refractivity (Wildman–Crippen MR) is 116 cm³/mol. The van der Waals surface area contributed by atoms with Gasteiger partial charge in [-0.2, -0.15) is 0 Å². The van der Waals surface area contributed by atoms with E-state index in [9.17, 15) is 4.79 Å². The minimum absolute atomic E-state index is 0.143. The first-order valence-corrected chi connectivity index (χ1v) is 11.8. The second-order valence-corrected chi connectivity index (χ2v) is 10.3. The molecule has 4 heteroatoms. The van der Waals surface area contributed by atoms with Gasteiger partial charge in [0, 0.05) is 18.3 Å². The molecule has 0 bridgehead atoms. The Hall–Kier alpha value is -1.03. The normalized spacial score (nSPS) is 43.0. The van der Waals surface area contributed by atoms with Gasteiger partial charge in [0.05, 0.1) is 6.54 Å². The highest BCUT2D eigenvalue weighted by Gasteiger charge is 2.59. The highest BCUT2D eigenvalue weighted by atomic mass is 16.1. The van der Waals surface area contributed by atoms with Crippen LogP contribution >= 0.6 is 0 Å². The summed E-state index contributed by atoms with van der Waals surface area (Å²) in [6.07, 6.45) is 13.6. The summed E-state index contributed by atoms with van der Waals surface area (Å²) in [5.41, 5.74) is 5.59. The lowest BCUT2D eigenvalue weighted by atomic mass is 9.50. The molecule has 0 amide bonds. The van der Waals surface area contributed by atoms with Crippen molar-refractivity contribution in [1.82, 2.24) is 5.01 Å². The fourth-order valence-electron chi connectivity index (χ4n) is 8.02. The van der Waals surface area contributed by atoms with Crippen LogP contribution in [0, 0.1) is 46.8 Å². The van der Waals surface area contributed by atoms with Gasteiger partial charge in [0.25, 0.3) is 0 Å². The molecule has 8 unspecified atom stereocenters. The largest absolute Gasteiger partial charge is 0.403 e. The molecule has 3 fully saturated rings. The summed E-state index contributed by atoms with van der Waals surface area (Å²) in [4.78, 5) is 13.2. The summed E-state index contributed by atoms with van der Waals surface area (Å²) in [5, 5.41) is 1.45. The molecule has 160 valence electrons. The molecule has 3 saturated carbocycles. The minimum Gasteiger partial charge on any atom is -0.403 e. The predicted octanol–water partition coefficient (Wildman–Crippen LogP) is 4.70. The maximum Gasteiger partial charge on any atom is 0.157 e. The van der Waals surface area contributed by atoms with E-state index in [0.717, 1.165) is 23.7 Å². The van der Waals surface area contributed by atoms with Gasteiger partial charge < -0.3 is 10.7 Å². The molecule has 28 heavy (non-hydrogen) atoms. The zero-order valence-electron chi connectivity index (χ0n) is 18.6. The van der Waals surface area contributed by atoms with Crippen LogP contribution in [0.1, 0.15) is 79.1 Å². The van der Waals surface area contributed by atoms with E-state index in [4.69, 9.17) is 11.6 Å². The second-order valence-electron chi connectivity index (χ2n) is 10.3. The van der Waals surface area contributed by atoms with Crippen LogP contribution < -0.4 is 11.6 Å². The van der Waals surface area contributed by atoms with Crippen LogP contribution in [0.3, 0.4) is 0 Å². The van der Waals surface area contributed by atoms with E-state index in [0.29, 0.717) is 17.6 Å². The van der Waals surface area contributed by atoms with Crippen molar-refractivity contribution in [3.8, 4) is 0 Å². The fourth-order valence-corrected chi connectivity index (χ4v) is 8.02. The quantitative estimate of drug-likeness (QED) is 0.489. The summed E-state index contributed by atoms with van der Waals surface area (Å²) >= 11 is 0. The number of hydrogen-bond acceptors (Lipinski definition) is 4. The zero-order chi connectivity index (χ0) is 20.5. The summed E-state index contributed by atoms with van der Waals surface area (Å²) in [5.74, 6) is 11.1. The van der Waals surface area contributed by atoms with E-state index in [-0.39, 0.29) is 17.9 Å². The van der Waals surface area contributed by atoms with E-state index in [1.54, 1.807) is 6.20 Å². The summed E-state index contributed by atoms with van der Waals surface area (Å²) < 4.78 is 0. The molecule has 0 radical (unpaired) electrons. The standard InChI is InChI=1S/C24H43N3O/c1-5-7-18-17(6-2)8-9-20-19(18)10-11-24(4)21(20)14-16(3)23(24)22(28)15-27(26)13-12-25/h12-13,16-21,23H,5-11,14-15,25-26H2,1-4H3/b13-12-. The minimum atomic E-state index is 0.143. The number of nitrogens with two attached hydrogens (primary N) is 2. The second kappa shape index (κ2) is 8.77. The molecular formula is C24H43N3O. The lowest BCUT2D eigenvalue weighted by Crippen LogP contribution is -2.49. The van der Waals surface area contributed by atoms with E-state index < -0.39 is 0 Å². The molecule has 0 aliphatic heterocycles. The van der Waals surface area contributed by atoms with Crippen molar-refractivity contribution >= 4 is 5.78 Å². The average Bonchev–Trinajstić information content (AvgIpc) is 2.92. The smallest absolute Gasteiger partial charge is 0.157 e. The Kier molecular flexibility index (Phi) is 6.79. The molecule has 0 spiro atoms. The molecule has 4 N–H and O–H groups in total. The number of carbonyl (C=O) groups excluding carboxylic acids is 1. The maximum absolute atomic E-state index is 13.2. The first-order valence-electron chi connectivity index (χ1n) is 11.8. The van der Waals surface area contributed by atoms with Gasteiger partial charge in [-0.3, -0.25) is 4.79 Å². The molecule has 3 aliphatic carbocycles. The van der Waals surface area contributed by atoms with Crippen molar-refractivity contribution in [3.63, 3.8) is 0 Å². The third kappa shape index (κ3) is 3.74. The van der Waals surface area contributed by atoms with Gasteiger partial charge >= 0.3 is 0 Å². The van der Waals surface area contributed by atoms with E-state index in [1.807, 2.05) is 0 Å². The van der Waals surface area contributed by atoms with Gasteiger partial charge in [-0.15, -0.1) is 0 Å². The van der Waals surface area contributed by atoms with Gasteiger partial charge in [-0.05, 0) is 73.0 Å². The topological polar surface area (TPSA) is 72.3 Å². The van der Waals surface area contributed by atoms with Crippen LogP contribution in [-0.2, 0) is 4.79 Å². The number of nitrogens with zero attached hydrogens (tertiary/aromatic N) is 1. The number of hydrogen-bond donors (Lipinski definition) is 2. The zero-order valence-corrected chi connectivity index (χ0v) is 18.6. The van der Waals surface area contributed by atoms with Gasteiger partial charge in [-0.1, -0.05) is 47.0 Å². The number of carbonyl (C=O) groups is 1. The molecule has 0 saturated heterocycles. The van der Waals surface area contributed by atoms with E-state index >= 15 is 0 Å². The van der Waals surface area contributed by atoms with Gasteiger partial charge in [0.15, 0.2) is 5.78 Å². The molecule has 4 nitrogen and oxygen atoms in total. The Morgan fingerprint density at radius 3 is 2.61 bits per heavy atom. The Morgan fingerprint density at radius 2 is 1.96 bits per heavy atom. The number of rotatable bonds is 7. The summed E-state index contributed by atoms with van der Waals surface area (Å²) in [7, 11) is 0. The molecule has 3 aliphatic rings. The Balaban J connectivity index is 1.80. The number of Topliss-reactive ketones (excluding diaryl/α,β-unsaturated/α-hetero) is 1. The molecule has 0 aromatic heterocycles. The van der Waals surface area contributed by atoms with Crippen molar-refractivity contribution in [2.45, 2.75) is 79.1 Å². The van der Waals surface area contributed by atoms with Gasteiger partial charge in [0.2, 0.25) is 0 Å². The molecule has 8 atom stereocenters. The monoisotopic (exact) mass is 389 g/mol. The lowest BCUT2D eigenvalue weighted by molar-refractivity contribution is -0.131. The first kappa shape index (κ1) is 21.7. The van der Waals surface area contributed by atoms with Crippen LogP contribution in [0.15, 0.2) is 12.4 Å². The van der Waals surface area contributed by atoms with Gasteiger partial charge in [0.1, 0.15) is 0 Å². The van der Waals surface area contributed by atoms with Crippen molar-refractivity contribution < 1.29 is 4.79 Å². The van der Waals surface area contributed by atoms with Gasteiger partial charge in [-0.25, -0.2) is 5.84 Å². The fraction of sp³-hybridized carbons (Fsp3) is 0.875. The van der Waals surface area contributed by atoms with Crippen LogP contribution in [0.25, 0.3) is 0 Å².